The van der Waals surface area contributed by atoms with Gasteiger partial charge in [-0.3, -0.25) is 9.78 Å². The molecular formula is C29H33N7OS. The van der Waals surface area contributed by atoms with E-state index in [1.807, 2.05) is 18.2 Å². The second-order valence-electron chi connectivity index (χ2n) is 11.0. The topological polar surface area (TPSA) is 89.2 Å². The van der Waals surface area contributed by atoms with Crippen LogP contribution in [0, 0.1) is 5.41 Å². The minimum Gasteiger partial charge on any atom is -0.371 e. The molecule has 1 spiro atoms. The predicted octanol–water partition coefficient (Wildman–Crippen LogP) is 4.32. The Morgan fingerprint density at radius 1 is 0.974 bits per heavy atom. The summed E-state index contributed by atoms with van der Waals surface area (Å²) in [5, 5.41) is 7.80. The van der Waals surface area contributed by atoms with Crippen molar-refractivity contribution in [3.63, 3.8) is 0 Å². The summed E-state index contributed by atoms with van der Waals surface area (Å²) in [6.07, 6.45) is 4.43. The van der Waals surface area contributed by atoms with E-state index in [2.05, 4.69) is 61.8 Å². The molecule has 3 aliphatic rings. The van der Waals surface area contributed by atoms with Crippen molar-refractivity contribution in [2.75, 3.05) is 54.4 Å². The molecule has 8 nitrogen and oxygen atoms in total. The SMILES string of the molecule is O=c1[nH]c(N2CCC3(CCN(c4ccccc4)C3)C2)nc(NC2CCCNC2)c1-c1nc2ccccc2s1. The van der Waals surface area contributed by atoms with Crippen LogP contribution >= 0.6 is 11.3 Å². The van der Waals surface area contributed by atoms with Crippen LogP contribution in [0.4, 0.5) is 17.5 Å². The summed E-state index contributed by atoms with van der Waals surface area (Å²) < 4.78 is 1.07. The van der Waals surface area contributed by atoms with Crippen LogP contribution in [0.25, 0.3) is 20.8 Å². The van der Waals surface area contributed by atoms with Crippen molar-refractivity contribution < 1.29 is 0 Å². The van der Waals surface area contributed by atoms with Gasteiger partial charge in [0.05, 0.1) is 10.2 Å². The first kappa shape index (κ1) is 23.7. The summed E-state index contributed by atoms with van der Waals surface area (Å²) in [6.45, 7) is 5.82. The van der Waals surface area contributed by atoms with Gasteiger partial charge in [-0.1, -0.05) is 30.3 Å². The number of aromatic nitrogens is 3. The van der Waals surface area contributed by atoms with Crippen LogP contribution in [0.5, 0.6) is 0 Å². The summed E-state index contributed by atoms with van der Waals surface area (Å²) in [6, 6.07) is 19.0. The fourth-order valence-corrected chi connectivity index (χ4v) is 7.31. The second-order valence-corrected chi connectivity index (χ2v) is 12.0. The Hall–Kier alpha value is -3.43. The minimum absolute atomic E-state index is 0.126. The van der Waals surface area contributed by atoms with Gasteiger partial charge in [0.25, 0.3) is 5.56 Å². The van der Waals surface area contributed by atoms with E-state index >= 15 is 0 Å². The molecule has 38 heavy (non-hydrogen) atoms. The summed E-state index contributed by atoms with van der Waals surface area (Å²) in [7, 11) is 0. The first-order chi connectivity index (χ1) is 18.7. The van der Waals surface area contributed by atoms with Crippen molar-refractivity contribution in [3.8, 4) is 10.6 Å². The number of H-pyrrole nitrogens is 1. The van der Waals surface area contributed by atoms with Crippen LogP contribution in [0.15, 0.2) is 59.4 Å². The Labute approximate surface area is 226 Å². The second kappa shape index (κ2) is 9.71. The van der Waals surface area contributed by atoms with Crippen molar-refractivity contribution in [3.05, 3.63) is 65.0 Å². The molecule has 4 aromatic rings. The molecule has 2 aromatic heterocycles. The van der Waals surface area contributed by atoms with Gasteiger partial charge in [-0.05, 0) is 56.5 Å². The van der Waals surface area contributed by atoms with Crippen molar-refractivity contribution in [1.29, 1.82) is 0 Å². The Morgan fingerprint density at radius 2 is 1.76 bits per heavy atom. The molecule has 196 valence electrons. The highest BCUT2D eigenvalue weighted by Crippen LogP contribution is 2.42. The normalized spacial score (nSPS) is 23.5. The lowest BCUT2D eigenvalue weighted by atomic mass is 9.86. The highest BCUT2D eigenvalue weighted by Gasteiger charge is 2.44. The van der Waals surface area contributed by atoms with E-state index in [1.54, 1.807) is 11.3 Å². The first-order valence-corrected chi connectivity index (χ1v) is 14.5. The van der Waals surface area contributed by atoms with Gasteiger partial charge < -0.3 is 20.4 Å². The predicted molar refractivity (Wildman–Crippen MR) is 156 cm³/mol. The molecule has 3 N–H and O–H groups in total. The molecule has 3 fully saturated rings. The van der Waals surface area contributed by atoms with Crippen molar-refractivity contribution >= 4 is 39.0 Å². The molecule has 0 amide bonds. The molecule has 0 radical (unpaired) electrons. The van der Waals surface area contributed by atoms with E-state index in [0.29, 0.717) is 22.3 Å². The number of benzene rings is 2. The van der Waals surface area contributed by atoms with Crippen LogP contribution in [0.3, 0.4) is 0 Å². The monoisotopic (exact) mass is 527 g/mol. The molecule has 9 heteroatoms. The van der Waals surface area contributed by atoms with E-state index in [9.17, 15) is 4.79 Å². The van der Waals surface area contributed by atoms with Crippen molar-refractivity contribution in [1.82, 2.24) is 20.3 Å². The van der Waals surface area contributed by atoms with Gasteiger partial charge in [0.15, 0.2) is 0 Å². The van der Waals surface area contributed by atoms with E-state index in [0.717, 1.165) is 75.2 Å². The lowest BCUT2D eigenvalue weighted by Gasteiger charge is -2.27. The van der Waals surface area contributed by atoms with Crippen molar-refractivity contribution in [2.45, 2.75) is 31.7 Å². The zero-order valence-electron chi connectivity index (χ0n) is 21.4. The third kappa shape index (κ3) is 4.43. The van der Waals surface area contributed by atoms with Crippen LogP contribution in [-0.2, 0) is 0 Å². The smallest absolute Gasteiger partial charge is 0.264 e. The number of piperidine rings is 1. The minimum atomic E-state index is -0.126. The average Bonchev–Trinajstić information content (AvgIpc) is 3.68. The zero-order valence-corrected chi connectivity index (χ0v) is 22.3. The summed E-state index contributed by atoms with van der Waals surface area (Å²) in [4.78, 5) is 31.5. The van der Waals surface area contributed by atoms with Gasteiger partial charge in [-0.25, -0.2) is 4.98 Å². The largest absolute Gasteiger partial charge is 0.371 e. The summed E-state index contributed by atoms with van der Waals surface area (Å²) in [5.41, 5.74) is 2.85. The number of hydrogen-bond acceptors (Lipinski definition) is 8. The van der Waals surface area contributed by atoms with Gasteiger partial charge >= 0.3 is 0 Å². The number of fused-ring (bicyclic) bond motifs is 1. The standard InChI is InChI=1S/C29H33N7OS/c37-26-24(27-32-22-10-4-5-11-23(22)38-27)25(31-20-7-6-14-30-17-20)33-28(34-26)36-16-13-29(19-36)12-15-35(18-29)21-8-2-1-3-9-21/h1-5,8-11,20,30H,6-7,12-19H2,(H2,31,33,34,37). The fraction of sp³-hybridized carbons (Fsp3) is 0.414. The summed E-state index contributed by atoms with van der Waals surface area (Å²) in [5.74, 6) is 1.32. The van der Waals surface area contributed by atoms with E-state index in [1.165, 1.54) is 5.69 Å². The lowest BCUT2D eigenvalue weighted by Crippen LogP contribution is -2.39. The lowest BCUT2D eigenvalue weighted by molar-refractivity contribution is 0.373. The molecular weight excluding hydrogens is 494 g/mol. The third-order valence-corrected chi connectivity index (χ3v) is 9.40. The molecule has 0 saturated carbocycles. The number of nitrogens with zero attached hydrogens (tertiary/aromatic N) is 4. The molecule has 7 rings (SSSR count). The Morgan fingerprint density at radius 3 is 2.58 bits per heavy atom. The van der Waals surface area contributed by atoms with E-state index in [-0.39, 0.29) is 17.0 Å². The molecule has 2 unspecified atom stereocenters. The fourth-order valence-electron chi connectivity index (χ4n) is 6.30. The molecule has 3 aliphatic heterocycles. The van der Waals surface area contributed by atoms with E-state index in [4.69, 9.17) is 9.97 Å². The molecule has 5 heterocycles. The van der Waals surface area contributed by atoms with Gasteiger partial charge in [0, 0.05) is 49.9 Å². The van der Waals surface area contributed by atoms with Crippen LogP contribution in [0.2, 0.25) is 0 Å². The molecule has 2 aromatic carbocycles. The number of thiazole rings is 1. The Kier molecular flexibility index (Phi) is 6.05. The average molecular weight is 528 g/mol. The number of hydrogen-bond donors (Lipinski definition) is 3. The van der Waals surface area contributed by atoms with Crippen LogP contribution in [-0.4, -0.2) is 60.3 Å². The number of anilines is 3. The number of para-hydroxylation sites is 2. The molecule has 0 bridgehead atoms. The molecule has 0 aliphatic carbocycles. The van der Waals surface area contributed by atoms with Crippen molar-refractivity contribution in [2.24, 2.45) is 5.41 Å². The quantitative estimate of drug-likeness (QED) is 0.356. The summed E-state index contributed by atoms with van der Waals surface area (Å²) >= 11 is 1.55. The third-order valence-electron chi connectivity index (χ3n) is 8.35. The van der Waals surface area contributed by atoms with Crippen LogP contribution in [0.1, 0.15) is 25.7 Å². The first-order valence-electron chi connectivity index (χ1n) is 13.7. The van der Waals surface area contributed by atoms with Gasteiger partial charge in [0.2, 0.25) is 5.95 Å². The molecule has 3 saturated heterocycles. The maximum Gasteiger partial charge on any atom is 0.264 e. The Balaban J connectivity index is 1.20. The highest BCUT2D eigenvalue weighted by molar-refractivity contribution is 7.21. The van der Waals surface area contributed by atoms with Gasteiger partial charge in [-0.15, -0.1) is 11.3 Å². The van der Waals surface area contributed by atoms with Gasteiger partial charge in [-0.2, -0.15) is 4.98 Å². The number of rotatable bonds is 5. The maximum absolute atomic E-state index is 13.7. The maximum atomic E-state index is 13.7. The van der Waals surface area contributed by atoms with Gasteiger partial charge in [0.1, 0.15) is 16.4 Å². The molecule has 2 atom stereocenters. The number of nitrogens with one attached hydrogen (secondary N) is 3. The van der Waals surface area contributed by atoms with E-state index < -0.39 is 0 Å². The van der Waals surface area contributed by atoms with Crippen LogP contribution < -0.4 is 26.0 Å². The number of aromatic amines is 1. The highest BCUT2D eigenvalue weighted by atomic mass is 32.1. The Bertz CT molecular complexity index is 1460. The zero-order chi connectivity index (χ0) is 25.5.